The second kappa shape index (κ2) is 8.94. The van der Waals surface area contributed by atoms with Gasteiger partial charge in [-0.25, -0.2) is 14.6 Å². The summed E-state index contributed by atoms with van der Waals surface area (Å²) in [6.07, 6.45) is 2.05. The maximum absolute atomic E-state index is 13.1. The van der Waals surface area contributed by atoms with E-state index < -0.39 is 17.7 Å². The Morgan fingerprint density at radius 2 is 1.76 bits per heavy atom. The molecule has 0 spiro atoms. The molecule has 34 heavy (non-hydrogen) atoms. The van der Waals surface area contributed by atoms with Gasteiger partial charge in [0.15, 0.2) is 0 Å². The van der Waals surface area contributed by atoms with Crippen LogP contribution in [0.3, 0.4) is 0 Å². The normalized spacial score (nSPS) is 14.1. The summed E-state index contributed by atoms with van der Waals surface area (Å²) in [4.78, 5) is 25.3. The number of aryl methyl sites for hydroxylation is 1. The molecule has 0 saturated carbocycles. The van der Waals surface area contributed by atoms with E-state index in [0.29, 0.717) is 41.2 Å². The monoisotopic (exact) mass is 456 g/mol. The molecule has 0 aliphatic heterocycles. The summed E-state index contributed by atoms with van der Waals surface area (Å²) in [7, 11) is 0. The molecule has 1 N–H and O–H groups in total. The van der Waals surface area contributed by atoms with Gasteiger partial charge in [-0.05, 0) is 66.9 Å². The molecule has 4 aromatic rings. The van der Waals surface area contributed by atoms with Crippen LogP contribution >= 0.6 is 0 Å². The van der Waals surface area contributed by atoms with E-state index in [-0.39, 0.29) is 5.76 Å². The highest BCUT2D eigenvalue weighted by Crippen LogP contribution is 2.31. The number of amides is 1. The summed E-state index contributed by atoms with van der Waals surface area (Å²) in [5.74, 6) is -0.259. The highest BCUT2D eigenvalue weighted by molar-refractivity contribution is 6.06. The van der Waals surface area contributed by atoms with Gasteiger partial charge in [0, 0.05) is 23.1 Å². The van der Waals surface area contributed by atoms with Crippen LogP contribution in [0, 0.1) is 12.7 Å². The van der Waals surface area contributed by atoms with Crippen molar-refractivity contribution in [2.45, 2.75) is 26.2 Å². The summed E-state index contributed by atoms with van der Waals surface area (Å²) in [6.45, 7) is 1.78. The Hall–Kier alpha value is -4.26. The standard InChI is InChI=1S/C27H21FN2O4/c1-16-24-22(29-30-26(31)18-9-12-20(28)13-10-18)7-4-8-23(24)34-25(16)27(32)33-21-14-11-17-5-2-3-6-19(17)15-21/h2-3,5-6,9-15H,4,7-8H2,1H3,(H,30,31)/b29-22+. The Balaban J connectivity index is 1.37. The largest absolute Gasteiger partial charge is 0.453 e. The van der Waals surface area contributed by atoms with Gasteiger partial charge >= 0.3 is 5.97 Å². The van der Waals surface area contributed by atoms with Gasteiger partial charge in [-0.2, -0.15) is 5.10 Å². The third-order valence-corrected chi connectivity index (χ3v) is 5.84. The van der Waals surface area contributed by atoms with Crippen molar-refractivity contribution in [3.05, 3.63) is 101 Å². The topological polar surface area (TPSA) is 80.9 Å². The van der Waals surface area contributed by atoms with Crippen molar-refractivity contribution in [3.8, 4) is 5.75 Å². The fourth-order valence-corrected chi connectivity index (χ4v) is 4.14. The lowest BCUT2D eigenvalue weighted by Crippen LogP contribution is -2.22. The molecule has 1 aliphatic rings. The Kier molecular flexibility index (Phi) is 5.67. The van der Waals surface area contributed by atoms with Gasteiger partial charge in [-0.15, -0.1) is 0 Å². The molecule has 5 rings (SSSR count). The van der Waals surface area contributed by atoms with Crippen LogP contribution in [-0.2, 0) is 6.42 Å². The van der Waals surface area contributed by atoms with Gasteiger partial charge < -0.3 is 9.15 Å². The van der Waals surface area contributed by atoms with E-state index in [1.165, 1.54) is 24.3 Å². The minimum absolute atomic E-state index is 0.123. The van der Waals surface area contributed by atoms with Gasteiger partial charge in [0.1, 0.15) is 17.3 Å². The van der Waals surface area contributed by atoms with Crippen molar-refractivity contribution in [1.29, 1.82) is 0 Å². The summed E-state index contributed by atoms with van der Waals surface area (Å²) >= 11 is 0. The molecular formula is C27H21FN2O4. The van der Waals surface area contributed by atoms with Crippen LogP contribution in [0.15, 0.2) is 76.2 Å². The first-order valence-corrected chi connectivity index (χ1v) is 11.0. The molecule has 0 fully saturated rings. The van der Waals surface area contributed by atoms with Crippen LogP contribution < -0.4 is 10.2 Å². The van der Waals surface area contributed by atoms with Gasteiger partial charge in [-0.3, -0.25) is 4.79 Å². The molecular weight excluding hydrogens is 435 g/mol. The third kappa shape index (κ3) is 4.20. The SMILES string of the molecule is Cc1c(C(=O)Oc2ccc3ccccc3c2)oc2c1/C(=N/NC(=O)c1ccc(F)cc1)CCC2. The lowest BCUT2D eigenvalue weighted by atomic mass is 9.93. The summed E-state index contributed by atoms with van der Waals surface area (Å²) in [5, 5.41) is 6.30. The van der Waals surface area contributed by atoms with Crippen molar-refractivity contribution in [1.82, 2.24) is 5.43 Å². The number of hydrogen-bond donors (Lipinski definition) is 1. The van der Waals surface area contributed by atoms with Crippen LogP contribution in [0.25, 0.3) is 10.8 Å². The number of nitrogens with zero attached hydrogens (tertiary/aromatic N) is 1. The number of ether oxygens (including phenoxy) is 1. The van der Waals surface area contributed by atoms with Crippen molar-refractivity contribution < 1.29 is 23.1 Å². The van der Waals surface area contributed by atoms with Gasteiger partial charge in [-0.1, -0.05) is 30.3 Å². The first-order valence-electron chi connectivity index (χ1n) is 11.0. The number of nitrogens with one attached hydrogen (secondary N) is 1. The fourth-order valence-electron chi connectivity index (χ4n) is 4.14. The number of fused-ring (bicyclic) bond motifs is 2. The minimum Gasteiger partial charge on any atom is -0.453 e. The number of halogens is 1. The quantitative estimate of drug-likeness (QED) is 0.247. The number of hydrazone groups is 1. The zero-order valence-electron chi connectivity index (χ0n) is 18.4. The molecule has 1 heterocycles. The van der Waals surface area contributed by atoms with Crippen LogP contribution in [0.1, 0.15) is 50.6 Å². The highest BCUT2D eigenvalue weighted by atomic mass is 19.1. The molecule has 0 atom stereocenters. The Labute approximate surface area is 195 Å². The summed E-state index contributed by atoms with van der Waals surface area (Å²) < 4.78 is 24.6. The maximum atomic E-state index is 13.1. The molecule has 1 aliphatic carbocycles. The average Bonchev–Trinajstić information content (AvgIpc) is 3.20. The maximum Gasteiger partial charge on any atom is 0.379 e. The molecule has 170 valence electrons. The van der Waals surface area contributed by atoms with E-state index >= 15 is 0 Å². The molecule has 3 aromatic carbocycles. The van der Waals surface area contributed by atoms with E-state index in [4.69, 9.17) is 9.15 Å². The number of esters is 1. The summed E-state index contributed by atoms with van der Waals surface area (Å²) in [5.41, 5.74) is 4.78. The molecule has 1 amide bonds. The highest BCUT2D eigenvalue weighted by Gasteiger charge is 2.29. The van der Waals surface area contributed by atoms with Crippen LogP contribution in [-0.4, -0.2) is 17.6 Å². The number of furan rings is 1. The van der Waals surface area contributed by atoms with Crippen molar-refractivity contribution in [2.75, 3.05) is 0 Å². The number of carbonyl (C=O) groups is 2. The molecule has 0 radical (unpaired) electrons. The number of carbonyl (C=O) groups excluding carboxylic acids is 2. The first-order chi connectivity index (χ1) is 16.5. The number of hydrogen-bond acceptors (Lipinski definition) is 5. The molecule has 1 aromatic heterocycles. The van der Waals surface area contributed by atoms with Gasteiger partial charge in [0.25, 0.3) is 5.91 Å². The molecule has 0 bridgehead atoms. The second-order valence-corrected chi connectivity index (χ2v) is 8.11. The van der Waals surface area contributed by atoms with Crippen LogP contribution in [0.2, 0.25) is 0 Å². The second-order valence-electron chi connectivity index (χ2n) is 8.11. The number of benzene rings is 3. The van der Waals surface area contributed by atoms with Crippen LogP contribution in [0.4, 0.5) is 4.39 Å². The van der Waals surface area contributed by atoms with Crippen molar-refractivity contribution in [2.24, 2.45) is 5.10 Å². The van der Waals surface area contributed by atoms with E-state index in [2.05, 4.69) is 10.5 Å². The summed E-state index contributed by atoms with van der Waals surface area (Å²) in [6, 6.07) is 18.5. The van der Waals surface area contributed by atoms with E-state index in [0.717, 1.165) is 22.8 Å². The third-order valence-electron chi connectivity index (χ3n) is 5.84. The predicted octanol–water partition coefficient (Wildman–Crippen LogP) is 5.57. The van der Waals surface area contributed by atoms with Crippen molar-refractivity contribution in [3.63, 3.8) is 0 Å². The zero-order chi connectivity index (χ0) is 23.7. The lowest BCUT2D eigenvalue weighted by Gasteiger charge is -2.13. The van der Waals surface area contributed by atoms with E-state index in [1.807, 2.05) is 36.4 Å². The smallest absolute Gasteiger partial charge is 0.379 e. The molecule has 0 saturated heterocycles. The minimum atomic E-state index is -0.586. The van der Waals surface area contributed by atoms with E-state index in [9.17, 15) is 14.0 Å². The predicted molar refractivity (Wildman–Crippen MR) is 126 cm³/mol. The average molecular weight is 456 g/mol. The Morgan fingerprint density at radius 3 is 2.56 bits per heavy atom. The zero-order valence-corrected chi connectivity index (χ0v) is 18.4. The lowest BCUT2D eigenvalue weighted by molar-refractivity contribution is 0.0698. The number of rotatable bonds is 4. The fraction of sp³-hybridized carbons (Fsp3) is 0.148. The molecule has 0 unspecified atom stereocenters. The first kappa shape index (κ1) is 21.6. The Morgan fingerprint density at radius 1 is 1.00 bits per heavy atom. The van der Waals surface area contributed by atoms with Crippen molar-refractivity contribution >= 4 is 28.4 Å². The van der Waals surface area contributed by atoms with Gasteiger partial charge in [0.05, 0.1) is 5.71 Å². The van der Waals surface area contributed by atoms with Gasteiger partial charge in [0.2, 0.25) is 5.76 Å². The van der Waals surface area contributed by atoms with Crippen LogP contribution in [0.5, 0.6) is 5.75 Å². The Bertz CT molecular complexity index is 1440. The molecule has 6 nitrogen and oxygen atoms in total. The molecule has 7 heteroatoms. The van der Waals surface area contributed by atoms with E-state index in [1.54, 1.807) is 13.0 Å².